The number of hydrogen-bond donors (Lipinski definition) is 2. The van der Waals surface area contributed by atoms with Crippen LogP contribution in [0.3, 0.4) is 0 Å². The van der Waals surface area contributed by atoms with Gasteiger partial charge in [-0.25, -0.2) is 0 Å². The molecule has 2 rings (SSSR count). The highest BCUT2D eigenvalue weighted by Gasteiger charge is 2.08. The smallest absolute Gasteiger partial charge is 0.262 e. The fourth-order valence-electron chi connectivity index (χ4n) is 1.95. The summed E-state index contributed by atoms with van der Waals surface area (Å²) >= 11 is 5.94. The number of nitrogen functional groups attached to an aromatic ring is 1. The van der Waals surface area contributed by atoms with Crippen LogP contribution in [0.25, 0.3) is 0 Å². The van der Waals surface area contributed by atoms with Crippen LogP contribution in [0, 0.1) is 6.92 Å². The molecule has 6 heteroatoms. The first-order valence-corrected chi connectivity index (χ1v) is 7.58. The minimum absolute atomic E-state index is 0.117. The molecule has 2 aromatic carbocycles. The van der Waals surface area contributed by atoms with Crippen LogP contribution in [0.4, 0.5) is 11.4 Å². The van der Waals surface area contributed by atoms with Crippen molar-refractivity contribution in [2.24, 2.45) is 0 Å². The molecular weight excluding hydrogens is 316 g/mol. The third-order valence-corrected chi connectivity index (χ3v) is 3.53. The van der Waals surface area contributed by atoms with Crippen molar-refractivity contribution >= 4 is 28.9 Å². The molecule has 0 aromatic heterocycles. The second kappa shape index (κ2) is 7.74. The topological polar surface area (TPSA) is 73.6 Å². The first-order chi connectivity index (χ1) is 11.0. The van der Waals surface area contributed by atoms with Gasteiger partial charge in [-0.2, -0.15) is 0 Å². The van der Waals surface area contributed by atoms with E-state index in [0.717, 1.165) is 5.56 Å². The maximum Gasteiger partial charge on any atom is 0.262 e. The van der Waals surface area contributed by atoms with Gasteiger partial charge in [-0.05, 0) is 49.7 Å². The van der Waals surface area contributed by atoms with E-state index >= 15 is 0 Å². The van der Waals surface area contributed by atoms with E-state index in [1.807, 2.05) is 13.8 Å². The van der Waals surface area contributed by atoms with E-state index in [0.29, 0.717) is 34.5 Å². The SMILES string of the molecule is CCOc1ccc(NC(=O)COc2ccc(Cl)c(C)c2)c(N)c1. The van der Waals surface area contributed by atoms with Crippen molar-refractivity contribution in [2.45, 2.75) is 13.8 Å². The zero-order valence-electron chi connectivity index (χ0n) is 13.1. The lowest BCUT2D eigenvalue weighted by molar-refractivity contribution is -0.118. The number of nitrogens with two attached hydrogens (primary N) is 1. The number of halogens is 1. The largest absolute Gasteiger partial charge is 0.494 e. The summed E-state index contributed by atoms with van der Waals surface area (Å²) in [6, 6.07) is 10.3. The first kappa shape index (κ1) is 17.0. The van der Waals surface area contributed by atoms with Gasteiger partial charge in [-0.15, -0.1) is 0 Å². The van der Waals surface area contributed by atoms with Crippen LogP contribution in [-0.4, -0.2) is 19.1 Å². The van der Waals surface area contributed by atoms with E-state index in [4.69, 9.17) is 26.8 Å². The monoisotopic (exact) mass is 334 g/mol. The lowest BCUT2D eigenvalue weighted by Gasteiger charge is -2.11. The van der Waals surface area contributed by atoms with E-state index < -0.39 is 0 Å². The van der Waals surface area contributed by atoms with Gasteiger partial charge in [0.25, 0.3) is 5.91 Å². The predicted molar refractivity (Wildman–Crippen MR) is 92.3 cm³/mol. The van der Waals surface area contributed by atoms with Gasteiger partial charge in [0.15, 0.2) is 6.61 Å². The number of anilines is 2. The number of nitrogens with one attached hydrogen (secondary N) is 1. The zero-order valence-corrected chi connectivity index (χ0v) is 13.8. The molecule has 0 spiro atoms. The maximum absolute atomic E-state index is 12.0. The Morgan fingerprint density at radius 3 is 2.52 bits per heavy atom. The van der Waals surface area contributed by atoms with Crippen LogP contribution in [0.2, 0.25) is 5.02 Å². The Morgan fingerprint density at radius 1 is 1.17 bits per heavy atom. The molecule has 0 bridgehead atoms. The molecule has 0 aliphatic carbocycles. The number of ether oxygens (including phenoxy) is 2. The highest BCUT2D eigenvalue weighted by atomic mass is 35.5. The Balaban J connectivity index is 1.93. The second-order valence-electron chi connectivity index (χ2n) is 4.93. The van der Waals surface area contributed by atoms with E-state index in [1.54, 1.807) is 36.4 Å². The molecule has 0 atom stereocenters. The van der Waals surface area contributed by atoms with Crippen molar-refractivity contribution in [1.29, 1.82) is 0 Å². The fraction of sp³-hybridized carbons (Fsp3) is 0.235. The van der Waals surface area contributed by atoms with Gasteiger partial charge in [0.1, 0.15) is 11.5 Å². The third-order valence-electron chi connectivity index (χ3n) is 3.11. The molecular formula is C17H19ClN2O3. The minimum Gasteiger partial charge on any atom is -0.494 e. The lowest BCUT2D eigenvalue weighted by Crippen LogP contribution is -2.20. The van der Waals surface area contributed by atoms with Crippen molar-refractivity contribution in [2.75, 3.05) is 24.3 Å². The Bertz CT molecular complexity index is 704. The summed E-state index contributed by atoms with van der Waals surface area (Å²) in [4.78, 5) is 12.0. The number of amides is 1. The number of rotatable bonds is 6. The standard InChI is InChI=1S/C17H19ClN2O3/c1-3-22-13-5-7-16(15(19)9-13)20-17(21)10-23-12-4-6-14(18)11(2)8-12/h4-9H,3,10,19H2,1-2H3,(H,20,21). The Kier molecular flexibility index (Phi) is 5.71. The molecule has 0 saturated carbocycles. The Labute approximate surface area is 140 Å². The molecule has 0 aliphatic heterocycles. The van der Waals surface area contributed by atoms with Crippen molar-refractivity contribution < 1.29 is 14.3 Å². The average molecular weight is 335 g/mol. The second-order valence-corrected chi connectivity index (χ2v) is 5.34. The summed E-state index contributed by atoms with van der Waals surface area (Å²) < 4.78 is 10.8. The summed E-state index contributed by atoms with van der Waals surface area (Å²) in [6.07, 6.45) is 0. The molecule has 0 radical (unpaired) electrons. The van der Waals surface area contributed by atoms with Crippen LogP contribution in [0.5, 0.6) is 11.5 Å². The number of carbonyl (C=O) groups is 1. The van der Waals surface area contributed by atoms with Crippen LogP contribution in [-0.2, 0) is 4.79 Å². The third kappa shape index (κ3) is 4.79. The molecule has 0 saturated heterocycles. The fourth-order valence-corrected chi connectivity index (χ4v) is 2.07. The Morgan fingerprint density at radius 2 is 1.87 bits per heavy atom. The van der Waals surface area contributed by atoms with Gasteiger partial charge in [-0.1, -0.05) is 11.6 Å². The first-order valence-electron chi connectivity index (χ1n) is 7.20. The molecule has 122 valence electrons. The quantitative estimate of drug-likeness (QED) is 0.791. The normalized spacial score (nSPS) is 10.2. The van der Waals surface area contributed by atoms with Crippen LogP contribution in [0.1, 0.15) is 12.5 Å². The molecule has 5 nitrogen and oxygen atoms in total. The summed E-state index contributed by atoms with van der Waals surface area (Å²) in [7, 11) is 0. The van der Waals surface area contributed by atoms with Gasteiger partial charge < -0.3 is 20.5 Å². The van der Waals surface area contributed by atoms with Crippen molar-refractivity contribution in [3.8, 4) is 11.5 Å². The number of hydrogen-bond acceptors (Lipinski definition) is 4. The molecule has 0 fully saturated rings. The van der Waals surface area contributed by atoms with Crippen LogP contribution in [0.15, 0.2) is 36.4 Å². The molecule has 0 heterocycles. The lowest BCUT2D eigenvalue weighted by atomic mass is 10.2. The molecule has 1 amide bonds. The molecule has 0 unspecified atom stereocenters. The molecule has 3 N–H and O–H groups in total. The van der Waals surface area contributed by atoms with Crippen molar-refractivity contribution in [3.63, 3.8) is 0 Å². The molecule has 23 heavy (non-hydrogen) atoms. The van der Waals surface area contributed by atoms with Gasteiger partial charge in [0, 0.05) is 11.1 Å². The minimum atomic E-state index is -0.298. The highest BCUT2D eigenvalue weighted by Crippen LogP contribution is 2.24. The van der Waals surface area contributed by atoms with E-state index in [9.17, 15) is 4.79 Å². The van der Waals surface area contributed by atoms with Crippen molar-refractivity contribution in [1.82, 2.24) is 0 Å². The van der Waals surface area contributed by atoms with Crippen molar-refractivity contribution in [3.05, 3.63) is 47.0 Å². The van der Waals surface area contributed by atoms with Crippen LogP contribution >= 0.6 is 11.6 Å². The van der Waals surface area contributed by atoms with Gasteiger partial charge in [-0.3, -0.25) is 4.79 Å². The summed E-state index contributed by atoms with van der Waals surface area (Å²) in [6.45, 7) is 4.20. The Hall–Kier alpha value is -2.40. The predicted octanol–water partition coefficient (Wildman–Crippen LogP) is 3.65. The van der Waals surface area contributed by atoms with E-state index in [2.05, 4.69) is 5.32 Å². The summed E-state index contributed by atoms with van der Waals surface area (Å²) in [5, 5.41) is 3.36. The molecule has 0 aliphatic rings. The summed E-state index contributed by atoms with van der Waals surface area (Å²) in [5.74, 6) is 0.950. The average Bonchev–Trinajstić information content (AvgIpc) is 2.51. The summed E-state index contributed by atoms with van der Waals surface area (Å²) in [5.41, 5.74) is 7.74. The van der Waals surface area contributed by atoms with Gasteiger partial charge >= 0.3 is 0 Å². The number of benzene rings is 2. The van der Waals surface area contributed by atoms with Gasteiger partial charge in [0.2, 0.25) is 0 Å². The molecule has 2 aromatic rings. The van der Waals surface area contributed by atoms with Gasteiger partial charge in [0.05, 0.1) is 18.0 Å². The van der Waals surface area contributed by atoms with E-state index in [1.165, 1.54) is 0 Å². The van der Waals surface area contributed by atoms with Crippen LogP contribution < -0.4 is 20.5 Å². The zero-order chi connectivity index (χ0) is 16.8. The number of carbonyl (C=O) groups excluding carboxylic acids is 1. The number of aryl methyl sites for hydroxylation is 1. The maximum atomic E-state index is 12.0. The highest BCUT2D eigenvalue weighted by molar-refractivity contribution is 6.31. The van der Waals surface area contributed by atoms with E-state index in [-0.39, 0.29) is 12.5 Å².